The van der Waals surface area contributed by atoms with Crippen LogP contribution < -0.4 is 4.90 Å². The van der Waals surface area contributed by atoms with E-state index in [9.17, 15) is 14.7 Å². The van der Waals surface area contributed by atoms with Crippen LogP contribution in [-0.4, -0.2) is 33.8 Å². The number of carbonyl (C=O) groups excluding carboxylic acids is 1. The smallest absolute Gasteiger partial charge is 0.309 e. The SMILES string of the molecule is CN(C(=O)c1ccc2ccccc2c1)c1ccc(Cn2nc(CC(=O)O)c3ccccc32)cc1. The molecule has 6 heteroatoms. The Kier molecular flexibility index (Phi) is 5.55. The normalized spacial score (nSPS) is 11.1. The fourth-order valence-electron chi connectivity index (χ4n) is 4.22. The molecule has 1 amide bonds. The highest BCUT2D eigenvalue weighted by atomic mass is 16.4. The van der Waals surface area contributed by atoms with Crippen molar-refractivity contribution in [2.45, 2.75) is 13.0 Å². The van der Waals surface area contributed by atoms with Crippen LogP contribution in [0.15, 0.2) is 91.0 Å². The van der Waals surface area contributed by atoms with E-state index >= 15 is 0 Å². The highest BCUT2D eigenvalue weighted by molar-refractivity contribution is 6.07. The third-order valence-corrected chi connectivity index (χ3v) is 6.01. The number of fused-ring (bicyclic) bond motifs is 2. The third kappa shape index (κ3) is 4.13. The van der Waals surface area contributed by atoms with Crippen molar-refractivity contribution in [2.24, 2.45) is 0 Å². The van der Waals surface area contributed by atoms with E-state index < -0.39 is 5.97 Å². The van der Waals surface area contributed by atoms with Crippen molar-refractivity contribution in [3.63, 3.8) is 0 Å². The van der Waals surface area contributed by atoms with Gasteiger partial charge in [0.25, 0.3) is 5.91 Å². The standard InChI is InChI=1S/C28H23N3O3/c1-30(28(34)22-13-12-20-6-2-3-7-21(20)16-22)23-14-10-19(11-15-23)18-31-26-9-5-4-8-24(26)25(29-31)17-27(32)33/h2-16H,17-18H2,1H3,(H,32,33). The summed E-state index contributed by atoms with van der Waals surface area (Å²) in [4.78, 5) is 25.9. The second kappa shape index (κ2) is 8.83. The number of carboxylic acids is 1. The fraction of sp³-hybridized carbons (Fsp3) is 0.107. The second-order valence-corrected chi connectivity index (χ2v) is 8.28. The number of hydrogen-bond acceptors (Lipinski definition) is 3. The van der Waals surface area contributed by atoms with Crippen molar-refractivity contribution in [1.29, 1.82) is 0 Å². The molecule has 0 fully saturated rings. The van der Waals surface area contributed by atoms with Gasteiger partial charge in [-0.2, -0.15) is 5.10 Å². The quantitative estimate of drug-likeness (QED) is 0.389. The number of carbonyl (C=O) groups is 2. The minimum absolute atomic E-state index is 0.0742. The first-order valence-electron chi connectivity index (χ1n) is 11.0. The van der Waals surface area contributed by atoms with Crippen LogP contribution in [0.2, 0.25) is 0 Å². The van der Waals surface area contributed by atoms with Gasteiger partial charge in [0.15, 0.2) is 0 Å². The van der Waals surface area contributed by atoms with Crippen LogP contribution in [0.4, 0.5) is 5.69 Å². The van der Waals surface area contributed by atoms with Crippen molar-refractivity contribution in [2.75, 3.05) is 11.9 Å². The Labute approximate surface area is 196 Å². The summed E-state index contributed by atoms with van der Waals surface area (Å²) in [5.74, 6) is -0.978. The predicted octanol–water partition coefficient (Wildman–Crippen LogP) is 5.14. The Hall–Kier alpha value is -4.45. The van der Waals surface area contributed by atoms with Crippen molar-refractivity contribution in [3.05, 3.63) is 108 Å². The molecule has 0 aliphatic carbocycles. The summed E-state index contributed by atoms with van der Waals surface area (Å²) in [6, 6.07) is 29.1. The molecule has 0 spiro atoms. The van der Waals surface area contributed by atoms with Crippen molar-refractivity contribution >= 4 is 39.2 Å². The summed E-state index contributed by atoms with van der Waals surface area (Å²) in [5, 5.41) is 16.7. The molecule has 0 saturated carbocycles. The minimum atomic E-state index is -0.904. The van der Waals surface area contributed by atoms with Crippen LogP contribution in [0, 0.1) is 0 Å². The Morgan fingerprint density at radius 1 is 0.882 bits per heavy atom. The summed E-state index contributed by atoms with van der Waals surface area (Å²) in [5.41, 5.74) is 3.88. The molecule has 0 bridgehead atoms. The van der Waals surface area contributed by atoms with E-state index in [1.54, 1.807) is 11.9 Å². The lowest BCUT2D eigenvalue weighted by Crippen LogP contribution is -2.26. The zero-order chi connectivity index (χ0) is 23.7. The number of aliphatic carboxylic acids is 1. The first kappa shape index (κ1) is 21.4. The highest BCUT2D eigenvalue weighted by Crippen LogP contribution is 2.23. The molecule has 5 rings (SSSR count). The Morgan fingerprint density at radius 3 is 2.35 bits per heavy atom. The van der Waals surface area contributed by atoms with E-state index in [0.717, 1.165) is 32.9 Å². The number of para-hydroxylation sites is 1. The van der Waals surface area contributed by atoms with E-state index in [1.807, 2.05) is 95.7 Å². The minimum Gasteiger partial charge on any atom is -0.481 e. The summed E-state index contributed by atoms with van der Waals surface area (Å²) >= 11 is 0. The lowest BCUT2D eigenvalue weighted by Gasteiger charge is -2.18. The molecule has 0 unspecified atom stereocenters. The Balaban J connectivity index is 1.36. The van der Waals surface area contributed by atoms with Crippen LogP contribution in [-0.2, 0) is 17.8 Å². The molecule has 1 aromatic heterocycles. The largest absolute Gasteiger partial charge is 0.481 e. The molecule has 6 nitrogen and oxygen atoms in total. The molecular weight excluding hydrogens is 426 g/mol. The van der Waals surface area contributed by atoms with Crippen LogP contribution >= 0.6 is 0 Å². The lowest BCUT2D eigenvalue weighted by atomic mass is 10.1. The number of rotatable bonds is 6. The van der Waals surface area contributed by atoms with Gasteiger partial charge < -0.3 is 10.0 Å². The fourth-order valence-corrected chi connectivity index (χ4v) is 4.22. The molecule has 1 N–H and O–H groups in total. The van der Waals surface area contributed by atoms with Crippen molar-refractivity contribution < 1.29 is 14.7 Å². The summed E-state index contributed by atoms with van der Waals surface area (Å²) in [7, 11) is 1.77. The lowest BCUT2D eigenvalue weighted by molar-refractivity contribution is -0.136. The first-order valence-corrected chi connectivity index (χ1v) is 11.0. The van der Waals surface area contributed by atoms with Gasteiger partial charge >= 0.3 is 5.97 Å². The van der Waals surface area contributed by atoms with E-state index in [-0.39, 0.29) is 12.3 Å². The van der Waals surface area contributed by atoms with Gasteiger partial charge in [-0.15, -0.1) is 0 Å². The summed E-state index contributed by atoms with van der Waals surface area (Å²) in [6.45, 7) is 0.503. The molecule has 34 heavy (non-hydrogen) atoms. The molecular formula is C28H23N3O3. The Bertz CT molecular complexity index is 1520. The van der Waals surface area contributed by atoms with Crippen molar-refractivity contribution in [3.8, 4) is 0 Å². The molecule has 1 heterocycles. The zero-order valence-corrected chi connectivity index (χ0v) is 18.7. The molecule has 0 atom stereocenters. The maximum absolute atomic E-state index is 13.1. The maximum Gasteiger partial charge on any atom is 0.309 e. The highest BCUT2D eigenvalue weighted by Gasteiger charge is 2.15. The monoisotopic (exact) mass is 449 g/mol. The van der Waals surface area contributed by atoms with Crippen molar-refractivity contribution in [1.82, 2.24) is 9.78 Å². The van der Waals surface area contributed by atoms with E-state index in [0.29, 0.717) is 17.8 Å². The molecule has 168 valence electrons. The summed E-state index contributed by atoms with van der Waals surface area (Å²) in [6.07, 6.45) is -0.117. The molecule has 0 aliphatic rings. The number of benzene rings is 4. The van der Waals surface area contributed by atoms with Gasteiger partial charge in [-0.1, -0.05) is 60.7 Å². The third-order valence-electron chi connectivity index (χ3n) is 6.01. The van der Waals surface area contributed by atoms with Gasteiger partial charge in [-0.25, -0.2) is 0 Å². The van der Waals surface area contributed by atoms with E-state index in [2.05, 4.69) is 5.10 Å². The molecule has 0 aliphatic heterocycles. The maximum atomic E-state index is 13.1. The molecule has 5 aromatic rings. The van der Waals surface area contributed by atoms with E-state index in [4.69, 9.17) is 0 Å². The van der Waals surface area contributed by atoms with Crippen LogP contribution in [0.1, 0.15) is 21.6 Å². The number of hydrogen-bond donors (Lipinski definition) is 1. The molecule has 0 saturated heterocycles. The molecule has 0 radical (unpaired) electrons. The number of amides is 1. The van der Waals surface area contributed by atoms with Gasteiger partial charge in [-0.05, 0) is 46.7 Å². The number of nitrogens with zero attached hydrogens (tertiary/aromatic N) is 3. The van der Waals surface area contributed by atoms with Crippen LogP contribution in [0.5, 0.6) is 0 Å². The van der Waals surface area contributed by atoms with Gasteiger partial charge in [0, 0.05) is 23.7 Å². The van der Waals surface area contributed by atoms with E-state index in [1.165, 1.54) is 0 Å². The van der Waals surface area contributed by atoms with Crippen LogP contribution in [0.3, 0.4) is 0 Å². The van der Waals surface area contributed by atoms with Gasteiger partial charge in [-0.3, -0.25) is 14.3 Å². The average Bonchev–Trinajstić information content (AvgIpc) is 3.19. The predicted molar refractivity (Wildman–Crippen MR) is 133 cm³/mol. The first-order chi connectivity index (χ1) is 16.5. The number of anilines is 1. The second-order valence-electron chi connectivity index (χ2n) is 8.28. The van der Waals surface area contributed by atoms with Crippen LogP contribution in [0.25, 0.3) is 21.7 Å². The average molecular weight is 450 g/mol. The topological polar surface area (TPSA) is 75.4 Å². The zero-order valence-electron chi connectivity index (χ0n) is 18.7. The van der Waals surface area contributed by atoms with Gasteiger partial charge in [0.2, 0.25) is 0 Å². The number of aromatic nitrogens is 2. The number of carboxylic acid groups (broad SMARTS) is 1. The Morgan fingerprint density at radius 2 is 1.59 bits per heavy atom. The van der Waals surface area contributed by atoms with Gasteiger partial charge in [0.1, 0.15) is 0 Å². The summed E-state index contributed by atoms with van der Waals surface area (Å²) < 4.78 is 1.83. The van der Waals surface area contributed by atoms with Gasteiger partial charge in [0.05, 0.1) is 24.2 Å². The molecule has 4 aromatic carbocycles.